The van der Waals surface area contributed by atoms with Crippen molar-refractivity contribution in [1.29, 1.82) is 0 Å². The number of rotatable bonds is 14. The Morgan fingerprint density at radius 1 is 0.692 bits per heavy atom. The Bertz CT molecular complexity index is 1020. The van der Waals surface area contributed by atoms with Crippen LogP contribution in [0.25, 0.3) is 0 Å². The zero-order valence-corrected chi connectivity index (χ0v) is 26.1. The van der Waals surface area contributed by atoms with Crippen LogP contribution in [0.3, 0.4) is 0 Å². The minimum absolute atomic E-state index is 0.0274. The van der Waals surface area contributed by atoms with Crippen LogP contribution in [0.5, 0.6) is 11.5 Å². The molecule has 4 nitrogen and oxygen atoms in total. The summed E-state index contributed by atoms with van der Waals surface area (Å²) in [5.41, 5.74) is 5.75. The van der Waals surface area contributed by atoms with Gasteiger partial charge in [-0.1, -0.05) is 13.0 Å². The molecular weight excluding hydrogens is 578 g/mol. The lowest BCUT2D eigenvalue weighted by atomic mass is 9.81. The molecule has 0 aromatic heterocycles. The molecule has 0 fully saturated rings. The van der Waals surface area contributed by atoms with Crippen molar-refractivity contribution in [3.05, 3.63) is 57.6 Å². The van der Waals surface area contributed by atoms with Crippen molar-refractivity contribution >= 4 is 46.4 Å². The number of aliphatic hydroxyl groups is 1. The lowest BCUT2D eigenvalue weighted by Crippen LogP contribution is -2.31. The maximum absolute atomic E-state index is 11.3. The minimum Gasteiger partial charge on any atom is -0.459 e. The SMILES string of the molecule is Cc1cc(C(C)C(CCCl)CCCCl)cc2c1OC1OC2Oc2c(C)cc(C(O)C(CCCl)CCCCl)cc21. The van der Waals surface area contributed by atoms with Gasteiger partial charge in [0.1, 0.15) is 11.5 Å². The van der Waals surface area contributed by atoms with E-state index in [9.17, 15) is 5.11 Å². The molecule has 4 rings (SSSR count). The minimum atomic E-state index is -0.657. The summed E-state index contributed by atoms with van der Waals surface area (Å²) in [5.74, 6) is 4.69. The Kier molecular flexibility index (Phi) is 11.4. The lowest BCUT2D eigenvalue weighted by Gasteiger charge is -2.40. The first kappa shape index (κ1) is 31.1. The number of halogens is 4. The molecular formula is C31H40Cl4O4. The van der Waals surface area contributed by atoms with Gasteiger partial charge in [-0.15, -0.1) is 46.4 Å². The van der Waals surface area contributed by atoms with Crippen molar-refractivity contribution in [2.24, 2.45) is 11.8 Å². The Hall–Kier alpha value is -0.880. The molecule has 2 aromatic rings. The predicted octanol–water partition coefficient (Wildman–Crippen LogP) is 9.47. The smallest absolute Gasteiger partial charge is 0.233 e. The highest BCUT2D eigenvalue weighted by molar-refractivity contribution is 6.18. The number of aliphatic hydroxyl groups excluding tert-OH is 1. The zero-order valence-electron chi connectivity index (χ0n) is 23.0. The molecule has 2 heterocycles. The maximum Gasteiger partial charge on any atom is 0.233 e. The highest BCUT2D eigenvalue weighted by atomic mass is 35.5. The Morgan fingerprint density at radius 3 is 1.72 bits per heavy atom. The number of hydrogen-bond donors (Lipinski definition) is 1. The number of alkyl halides is 4. The van der Waals surface area contributed by atoms with E-state index in [1.807, 2.05) is 19.1 Å². The monoisotopic (exact) mass is 616 g/mol. The van der Waals surface area contributed by atoms with Crippen LogP contribution in [0.4, 0.5) is 0 Å². The first-order valence-electron chi connectivity index (χ1n) is 14.0. The number of fused-ring (bicyclic) bond motifs is 6. The second-order valence-corrected chi connectivity index (χ2v) is 12.4. The van der Waals surface area contributed by atoms with E-state index >= 15 is 0 Å². The van der Waals surface area contributed by atoms with E-state index < -0.39 is 18.7 Å². The van der Waals surface area contributed by atoms with Crippen LogP contribution in [0.1, 0.15) is 103 Å². The summed E-state index contributed by atoms with van der Waals surface area (Å²) in [6.45, 7) is 6.34. The quantitative estimate of drug-likeness (QED) is 0.214. The van der Waals surface area contributed by atoms with Crippen molar-refractivity contribution in [3.63, 3.8) is 0 Å². The third kappa shape index (κ3) is 6.96. The van der Waals surface area contributed by atoms with Gasteiger partial charge >= 0.3 is 0 Å². The molecule has 0 saturated heterocycles. The van der Waals surface area contributed by atoms with Gasteiger partial charge in [0.15, 0.2) is 0 Å². The van der Waals surface area contributed by atoms with Crippen molar-refractivity contribution in [2.45, 2.75) is 83.9 Å². The second kappa shape index (κ2) is 14.3. The average molecular weight is 618 g/mol. The molecule has 0 aliphatic carbocycles. The molecule has 2 bridgehead atoms. The molecule has 6 unspecified atom stereocenters. The van der Waals surface area contributed by atoms with Gasteiger partial charge in [0, 0.05) is 23.5 Å². The second-order valence-electron chi connectivity index (χ2n) is 10.9. The summed E-state index contributed by atoms with van der Waals surface area (Å²) in [7, 11) is 0. The van der Waals surface area contributed by atoms with E-state index in [1.165, 1.54) is 5.56 Å². The first-order valence-corrected chi connectivity index (χ1v) is 16.2. The van der Waals surface area contributed by atoms with E-state index in [-0.39, 0.29) is 5.92 Å². The van der Waals surface area contributed by atoms with E-state index in [4.69, 9.17) is 60.6 Å². The van der Waals surface area contributed by atoms with Crippen LogP contribution in [0.15, 0.2) is 24.3 Å². The lowest BCUT2D eigenvalue weighted by molar-refractivity contribution is -0.228. The number of hydrogen-bond acceptors (Lipinski definition) is 4. The number of aryl methyl sites for hydroxylation is 2. The third-order valence-corrected chi connectivity index (χ3v) is 9.22. The maximum atomic E-state index is 11.3. The standard InChI is InChI=1S/C31H40Cl4O4/c1-18-14-23(20(3)21(8-12-34)6-4-10-32)16-25-28(18)37-31-26-17-24(15-19(2)29(26)38-30(25)39-31)27(36)22(9-13-35)7-5-11-33/h14-17,20-22,27,30-31,36H,4-13H2,1-3H3. The molecule has 8 heteroatoms. The summed E-state index contributed by atoms with van der Waals surface area (Å²) < 4.78 is 19.2. The van der Waals surface area contributed by atoms with Gasteiger partial charge in [0.05, 0.1) is 17.2 Å². The molecule has 2 aliphatic rings. The van der Waals surface area contributed by atoms with Crippen molar-refractivity contribution < 1.29 is 19.3 Å². The normalized spacial score (nSPS) is 20.7. The largest absolute Gasteiger partial charge is 0.459 e. The molecule has 2 aliphatic heterocycles. The summed E-state index contributed by atoms with van der Waals surface area (Å²) in [5, 5.41) is 11.3. The van der Waals surface area contributed by atoms with Gasteiger partial charge in [-0.25, -0.2) is 0 Å². The van der Waals surface area contributed by atoms with Gasteiger partial charge < -0.3 is 14.6 Å². The Morgan fingerprint density at radius 2 is 1.18 bits per heavy atom. The van der Waals surface area contributed by atoms with Crippen molar-refractivity contribution in [1.82, 2.24) is 0 Å². The summed E-state index contributed by atoms with van der Waals surface area (Å²) >= 11 is 24.1. The van der Waals surface area contributed by atoms with Gasteiger partial charge in [0.25, 0.3) is 0 Å². The molecule has 0 amide bonds. The van der Waals surface area contributed by atoms with Crippen LogP contribution in [-0.2, 0) is 4.74 Å². The molecule has 2 aromatic carbocycles. The van der Waals surface area contributed by atoms with Crippen molar-refractivity contribution in [2.75, 3.05) is 23.5 Å². The highest BCUT2D eigenvalue weighted by Crippen LogP contribution is 2.51. The predicted molar refractivity (Wildman–Crippen MR) is 161 cm³/mol. The average Bonchev–Trinajstić information content (AvgIpc) is 2.93. The fourth-order valence-electron chi connectivity index (χ4n) is 6.03. The first-order chi connectivity index (χ1) is 18.8. The fraction of sp³-hybridized carbons (Fsp3) is 0.613. The van der Waals surface area contributed by atoms with Gasteiger partial charge in [-0.05, 0) is 111 Å². The fourth-order valence-corrected chi connectivity index (χ4v) is 6.90. The molecule has 39 heavy (non-hydrogen) atoms. The number of benzene rings is 2. The molecule has 0 spiro atoms. The molecule has 6 atom stereocenters. The Balaban J connectivity index is 1.62. The van der Waals surface area contributed by atoms with Crippen LogP contribution >= 0.6 is 46.4 Å². The van der Waals surface area contributed by atoms with Crippen molar-refractivity contribution in [3.8, 4) is 11.5 Å². The van der Waals surface area contributed by atoms with E-state index in [0.717, 1.165) is 77.8 Å². The van der Waals surface area contributed by atoms with Gasteiger partial charge in [-0.2, -0.15) is 0 Å². The third-order valence-electron chi connectivity index (χ3n) is 8.25. The molecule has 1 N–H and O–H groups in total. The highest BCUT2D eigenvalue weighted by Gasteiger charge is 2.40. The van der Waals surface area contributed by atoms with Crippen LogP contribution in [0.2, 0.25) is 0 Å². The molecule has 0 saturated carbocycles. The van der Waals surface area contributed by atoms with Crippen LogP contribution in [-0.4, -0.2) is 28.6 Å². The summed E-state index contributed by atoms with van der Waals surface area (Å²) in [6, 6.07) is 8.35. The zero-order chi connectivity index (χ0) is 28.1. The van der Waals surface area contributed by atoms with Gasteiger partial charge in [0.2, 0.25) is 12.6 Å². The molecule has 0 radical (unpaired) electrons. The summed E-state index contributed by atoms with van der Waals surface area (Å²) in [4.78, 5) is 0. The topological polar surface area (TPSA) is 47.9 Å². The van der Waals surface area contributed by atoms with E-state index in [2.05, 4.69) is 26.0 Å². The van der Waals surface area contributed by atoms with Gasteiger partial charge in [-0.3, -0.25) is 4.74 Å². The van der Waals surface area contributed by atoms with Crippen LogP contribution < -0.4 is 9.47 Å². The van der Waals surface area contributed by atoms with E-state index in [0.29, 0.717) is 35.4 Å². The molecule has 216 valence electrons. The van der Waals surface area contributed by atoms with Crippen LogP contribution in [0, 0.1) is 25.7 Å². The summed E-state index contributed by atoms with van der Waals surface area (Å²) in [6.07, 6.45) is 3.50. The Labute approximate surface area is 253 Å². The van der Waals surface area contributed by atoms with E-state index in [1.54, 1.807) is 0 Å². The number of ether oxygens (including phenoxy) is 3.